The summed E-state index contributed by atoms with van der Waals surface area (Å²) < 4.78 is 16.0. The normalized spacial score (nSPS) is 15.9. The zero-order valence-corrected chi connectivity index (χ0v) is 16.7. The summed E-state index contributed by atoms with van der Waals surface area (Å²) in [7, 11) is 0. The smallest absolute Gasteiger partial charge is 0.374 e. The highest BCUT2D eigenvalue weighted by Crippen LogP contribution is 2.28. The minimum Gasteiger partial charge on any atom is -0.463 e. The van der Waals surface area contributed by atoms with Crippen LogP contribution in [0, 0.1) is 0 Å². The van der Waals surface area contributed by atoms with Crippen molar-refractivity contribution in [3.05, 3.63) is 83.3 Å². The molecular formula is C23H20N2O6. The van der Waals surface area contributed by atoms with Crippen LogP contribution < -0.4 is 10.6 Å². The van der Waals surface area contributed by atoms with Gasteiger partial charge in [0, 0.05) is 5.39 Å². The quantitative estimate of drug-likeness (QED) is 0.592. The Hall–Kier alpha value is -4.07. The predicted molar refractivity (Wildman–Crippen MR) is 111 cm³/mol. The van der Waals surface area contributed by atoms with Crippen LogP contribution in [0.3, 0.4) is 0 Å². The van der Waals surface area contributed by atoms with Crippen LogP contribution in [-0.2, 0) is 14.3 Å². The lowest BCUT2D eigenvalue weighted by atomic mass is 9.95. The van der Waals surface area contributed by atoms with Crippen molar-refractivity contribution in [1.29, 1.82) is 0 Å². The van der Waals surface area contributed by atoms with Crippen molar-refractivity contribution < 1.29 is 28.3 Å². The van der Waals surface area contributed by atoms with Crippen LogP contribution in [0.25, 0.3) is 11.0 Å². The lowest BCUT2D eigenvalue weighted by Crippen LogP contribution is -2.47. The van der Waals surface area contributed by atoms with Gasteiger partial charge in [0.25, 0.3) is 0 Å². The Bertz CT molecular complexity index is 1130. The molecule has 1 aliphatic heterocycles. The minimum absolute atomic E-state index is 0.0272. The van der Waals surface area contributed by atoms with Crippen LogP contribution in [0.5, 0.6) is 0 Å². The third kappa shape index (κ3) is 4.28. The predicted octanol–water partition coefficient (Wildman–Crippen LogP) is 3.46. The Morgan fingerprint density at radius 3 is 2.48 bits per heavy atom. The number of ether oxygens (including phenoxy) is 2. The Balaban J connectivity index is 1.62. The summed E-state index contributed by atoms with van der Waals surface area (Å²) in [6.07, 6.45) is 0. The Labute approximate surface area is 177 Å². The molecule has 31 heavy (non-hydrogen) atoms. The van der Waals surface area contributed by atoms with Crippen LogP contribution in [0.1, 0.15) is 29.1 Å². The van der Waals surface area contributed by atoms with E-state index >= 15 is 0 Å². The number of hydrogen-bond acceptors (Lipinski definition) is 6. The largest absolute Gasteiger partial charge is 0.463 e. The summed E-state index contributed by atoms with van der Waals surface area (Å²) in [4.78, 5) is 37.5. The van der Waals surface area contributed by atoms with Gasteiger partial charge in [-0.05, 0) is 24.6 Å². The number of benzene rings is 2. The second kappa shape index (κ2) is 8.74. The summed E-state index contributed by atoms with van der Waals surface area (Å²) in [5.41, 5.74) is 1.58. The molecule has 0 radical (unpaired) electrons. The van der Waals surface area contributed by atoms with Gasteiger partial charge in [-0.25, -0.2) is 14.4 Å². The lowest BCUT2D eigenvalue weighted by Gasteiger charge is -2.29. The average Bonchev–Trinajstić information content (AvgIpc) is 3.22. The number of esters is 2. The fourth-order valence-corrected chi connectivity index (χ4v) is 3.37. The molecule has 0 bridgehead atoms. The highest BCUT2D eigenvalue weighted by Gasteiger charge is 2.34. The zero-order chi connectivity index (χ0) is 21.8. The molecule has 0 fully saturated rings. The Morgan fingerprint density at radius 2 is 1.74 bits per heavy atom. The molecule has 8 heteroatoms. The number of amides is 2. The maximum absolute atomic E-state index is 12.7. The zero-order valence-electron chi connectivity index (χ0n) is 16.7. The number of para-hydroxylation sites is 1. The molecule has 0 aliphatic carbocycles. The highest BCUT2D eigenvalue weighted by molar-refractivity contribution is 5.96. The average molecular weight is 420 g/mol. The first kappa shape index (κ1) is 20.2. The van der Waals surface area contributed by atoms with E-state index in [2.05, 4.69) is 10.6 Å². The van der Waals surface area contributed by atoms with E-state index in [9.17, 15) is 14.4 Å². The number of carbonyl (C=O) groups excluding carboxylic acids is 3. The third-order valence-corrected chi connectivity index (χ3v) is 4.76. The summed E-state index contributed by atoms with van der Waals surface area (Å²) in [5, 5.41) is 6.05. The van der Waals surface area contributed by atoms with Crippen molar-refractivity contribution in [2.75, 3.05) is 13.2 Å². The first-order valence-corrected chi connectivity index (χ1v) is 9.75. The highest BCUT2D eigenvalue weighted by atomic mass is 16.5. The van der Waals surface area contributed by atoms with Gasteiger partial charge >= 0.3 is 18.0 Å². The van der Waals surface area contributed by atoms with Gasteiger partial charge in [0.05, 0.1) is 23.9 Å². The maximum Gasteiger partial charge on any atom is 0.374 e. The van der Waals surface area contributed by atoms with Crippen molar-refractivity contribution in [2.24, 2.45) is 0 Å². The van der Waals surface area contributed by atoms with E-state index in [0.717, 1.165) is 5.39 Å². The molecule has 1 unspecified atom stereocenters. The number of furan rings is 1. The summed E-state index contributed by atoms with van der Waals surface area (Å²) >= 11 is 0. The van der Waals surface area contributed by atoms with Gasteiger partial charge in [0.2, 0.25) is 5.76 Å². The van der Waals surface area contributed by atoms with Crippen LogP contribution in [0.15, 0.2) is 76.4 Å². The van der Waals surface area contributed by atoms with Crippen molar-refractivity contribution in [3.63, 3.8) is 0 Å². The Morgan fingerprint density at radius 1 is 1.00 bits per heavy atom. The van der Waals surface area contributed by atoms with E-state index in [0.29, 0.717) is 11.1 Å². The van der Waals surface area contributed by atoms with E-state index in [1.807, 2.05) is 18.2 Å². The van der Waals surface area contributed by atoms with E-state index in [1.165, 1.54) is 0 Å². The molecular weight excluding hydrogens is 400 g/mol. The lowest BCUT2D eigenvalue weighted by molar-refractivity contribution is -0.139. The molecule has 1 aromatic heterocycles. The van der Waals surface area contributed by atoms with Gasteiger partial charge in [-0.1, -0.05) is 48.5 Å². The molecule has 2 amide bonds. The monoisotopic (exact) mass is 420 g/mol. The molecule has 1 atom stereocenters. The van der Waals surface area contributed by atoms with Gasteiger partial charge in [-0.2, -0.15) is 0 Å². The topological polar surface area (TPSA) is 107 Å². The molecule has 158 valence electrons. The molecule has 3 aromatic rings. The van der Waals surface area contributed by atoms with Crippen molar-refractivity contribution >= 4 is 28.9 Å². The summed E-state index contributed by atoms with van der Waals surface area (Å²) in [5.74, 6) is -1.30. The molecule has 0 spiro atoms. The molecule has 2 N–H and O–H groups in total. The second-order valence-corrected chi connectivity index (χ2v) is 6.78. The number of rotatable bonds is 6. The van der Waals surface area contributed by atoms with Gasteiger partial charge in [0.1, 0.15) is 12.2 Å². The molecule has 4 rings (SSSR count). The van der Waals surface area contributed by atoms with E-state index in [-0.39, 0.29) is 30.2 Å². The van der Waals surface area contributed by atoms with Gasteiger partial charge in [0.15, 0.2) is 0 Å². The van der Waals surface area contributed by atoms with E-state index < -0.39 is 24.0 Å². The van der Waals surface area contributed by atoms with E-state index in [1.54, 1.807) is 49.4 Å². The standard InChI is InChI=1S/C23H20N2O6/c1-2-29-22(27)19-16(24-23(28)25-20(19)14-8-4-3-5-9-14)13-30-21(26)18-12-15-10-6-7-11-17(15)31-18/h3-12,20H,2,13H2,1H3,(H2,24,25,28). The van der Waals surface area contributed by atoms with Gasteiger partial charge < -0.3 is 24.5 Å². The molecule has 2 heterocycles. The maximum atomic E-state index is 12.7. The molecule has 2 aromatic carbocycles. The van der Waals surface area contributed by atoms with Crippen molar-refractivity contribution in [1.82, 2.24) is 10.6 Å². The van der Waals surface area contributed by atoms with Gasteiger partial charge in [-0.15, -0.1) is 0 Å². The SMILES string of the molecule is CCOC(=O)C1=C(COC(=O)c2cc3ccccc3o2)NC(=O)NC1c1ccccc1. The number of urea groups is 1. The second-order valence-electron chi connectivity index (χ2n) is 6.78. The van der Waals surface area contributed by atoms with Crippen LogP contribution >= 0.6 is 0 Å². The fourth-order valence-electron chi connectivity index (χ4n) is 3.37. The molecule has 0 saturated heterocycles. The van der Waals surface area contributed by atoms with Crippen LogP contribution in [0.2, 0.25) is 0 Å². The third-order valence-electron chi connectivity index (χ3n) is 4.76. The summed E-state index contributed by atoms with van der Waals surface area (Å²) in [6.45, 7) is 1.51. The van der Waals surface area contributed by atoms with E-state index in [4.69, 9.17) is 13.9 Å². The molecule has 8 nitrogen and oxygen atoms in total. The van der Waals surface area contributed by atoms with Crippen LogP contribution in [-0.4, -0.2) is 31.2 Å². The fraction of sp³-hybridized carbons (Fsp3) is 0.174. The number of hydrogen-bond donors (Lipinski definition) is 2. The molecule has 1 aliphatic rings. The summed E-state index contributed by atoms with van der Waals surface area (Å²) in [6, 6.07) is 16.5. The molecule has 0 saturated carbocycles. The van der Waals surface area contributed by atoms with Crippen molar-refractivity contribution in [2.45, 2.75) is 13.0 Å². The Kier molecular flexibility index (Phi) is 5.70. The van der Waals surface area contributed by atoms with Gasteiger partial charge in [-0.3, -0.25) is 0 Å². The number of carbonyl (C=O) groups is 3. The number of nitrogens with one attached hydrogen (secondary N) is 2. The first-order valence-electron chi connectivity index (χ1n) is 9.75. The minimum atomic E-state index is -0.742. The van der Waals surface area contributed by atoms with Crippen LogP contribution in [0.4, 0.5) is 4.79 Å². The first-order chi connectivity index (χ1) is 15.1. The van der Waals surface area contributed by atoms with Crippen molar-refractivity contribution in [3.8, 4) is 0 Å². The number of fused-ring (bicyclic) bond motifs is 1.